The van der Waals surface area contributed by atoms with Gasteiger partial charge < -0.3 is 5.11 Å². The molecule has 1 saturated heterocycles. The minimum Gasteiger partial charge on any atom is -0.476 e. The molecule has 0 amide bonds. The van der Waals surface area contributed by atoms with Crippen LogP contribution in [0.15, 0.2) is 30.3 Å². The summed E-state index contributed by atoms with van der Waals surface area (Å²) in [5.41, 5.74) is 2.49. The van der Waals surface area contributed by atoms with Gasteiger partial charge in [-0.3, -0.25) is 4.68 Å². The highest BCUT2D eigenvalue weighted by Gasteiger charge is 2.32. The highest BCUT2D eigenvalue weighted by molar-refractivity contribution is 7.91. The fourth-order valence-corrected chi connectivity index (χ4v) is 4.38. The Morgan fingerprint density at radius 2 is 2.00 bits per heavy atom. The van der Waals surface area contributed by atoms with Crippen LogP contribution in [-0.2, 0) is 9.84 Å². The normalized spacial score (nSPS) is 20.1. The average Bonchev–Trinajstić information content (AvgIpc) is 3.03. The second-order valence-corrected chi connectivity index (χ2v) is 7.82. The molecular formula is C15H16N2O4S. The van der Waals surface area contributed by atoms with E-state index in [1.54, 1.807) is 4.68 Å². The SMILES string of the molecule is Cc1ccc(-c2cc(C(=O)O)nn2[C@H]2CCS(=O)(=O)C2)cc1. The van der Waals surface area contributed by atoms with Gasteiger partial charge in [-0.2, -0.15) is 5.10 Å². The van der Waals surface area contributed by atoms with Crippen LogP contribution in [-0.4, -0.2) is 40.8 Å². The third kappa shape index (κ3) is 2.76. The van der Waals surface area contributed by atoms with Gasteiger partial charge in [0.2, 0.25) is 0 Å². The molecule has 0 unspecified atom stereocenters. The van der Waals surface area contributed by atoms with Gasteiger partial charge >= 0.3 is 5.97 Å². The number of rotatable bonds is 3. The molecule has 3 rings (SSSR count). The van der Waals surface area contributed by atoms with Crippen molar-refractivity contribution in [1.82, 2.24) is 9.78 Å². The summed E-state index contributed by atoms with van der Waals surface area (Å²) >= 11 is 0. The van der Waals surface area contributed by atoms with Crippen LogP contribution in [0.25, 0.3) is 11.3 Å². The molecule has 0 radical (unpaired) electrons. The second kappa shape index (κ2) is 5.24. The van der Waals surface area contributed by atoms with Gasteiger partial charge in [-0.05, 0) is 25.0 Å². The number of carboxylic acid groups (broad SMARTS) is 1. The first-order valence-corrected chi connectivity index (χ1v) is 8.78. The molecule has 1 fully saturated rings. The van der Waals surface area contributed by atoms with Crippen LogP contribution in [0.4, 0.5) is 0 Å². The van der Waals surface area contributed by atoms with Gasteiger partial charge in [0.05, 0.1) is 23.2 Å². The molecule has 0 spiro atoms. The van der Waals surface area contributed by atoms with Gasteiger partial charge in [0.25, 0.3) is 0 Å². The van der Waals surface area contributed by atoms with E-state index in [9.17, 15) is 13.2 Å². The molecule has 1 N–H and O–H groups in total. The standard InChI is InChI=1S/C15H16N2O4S/c1-10-2-4-11(5-3-10)14-8-13(15(18)19)16-17(14)12-6-7-22(20,21)9-12/h2-5,8,12H,6-7,9H2,1H3,(H,18,19)/t12-/m0/s1. The van der Waals surface area contributed by atoms with Gasteiger partial charge in [-0.1, -0.05) is 29.8 Å². The number of carbonyl (C=O) groups is 1. The number of aromatic carboxylic acids is 1. The highest BCUT2D eigenvalue weighted by Crippen LogP contribution is 2.30. The Bertz CT molecular complexity index is 822. The van der Waals surface area contributed by atoms with Crippen LogP contribution in [0.1, 0.15) is 28.5 Å². The minimum atomic E-state index is -3.07. The molecule has 7 heteroatoms. The van der Waals surface area contributed by atoms with Gasteiger partial charge in [0.1, 0.15) is 0 Å². The molecular weight excluding hydrogens is 304 g/mol. The minimum absolute atomic E-state index is 0.00655. The molecule has 0 saturated carbocycles. The number of hydrogen-bond donors (Lipinski definition) is 1. The molecule has 1 aliphatic heterocycles. The fraction of sp³-hybridized carbons (Fsp3) is 0.333. The van der Waals surface area contributed by atoms with Crippen LogP contribution in [0.3, 0.4) is 0 Å². The highest BCUT2D eigenvalue weighted by atomic mass is 32.2. The molecule has 116 valence electrons. The maximum absolute atomic E-state index is 11.7. The first kappa shape index (κ1) is 14.8. The summed E-state index contributed by atoms with van der Waals surface area (Å²) in [6.07, 6.45) is 0.460. The number of nitrogens with zero attached hydrogens (tertiary/aromatic N) is 2. The maximum atomic E-state index is 11.7. The van der Waals surface area contributed by atoms with Crippen molar-refractivity contribution in [2.24, 2.45) is 0 Å². The van der Waals surface area contributed by atoms with E-state index in [2.05, 4.69) is 5.10 Å². The zero-order chi connectivity index (χ0) is 15.9. The molecule has 1 atom stereocenters. The molecule has 6 nitrogen and oxygen atoms in total. The summed E-state index contributed by atoms with van der Waals surface area (Å²) in [7, 11) is -3.07. The number of aromatic nitrogens is 2. The van der Waals surface area contributed by atoms with Crippen molar-refractivity contribution in [2.45, 2.75) is 19.4 Å². The zero-order valence-corrected chi connectivity index (χ0v) is 12.9. The van der Waals surface area contributed by atoms with Crippen molar-refractivity contribution < 1.29 is 18.3 Å². The van der Waals surface area contributed by atoms with Crippen LogP contribution in [0.5, 0.6) is 0 Å². The van der Waals surface area contributed by atoms with Crippen LogP contribution in [0, 0.1) is 6.92 Å². The van der Waals surface area contributed by atoms with Crippen LogP contribution < -0.4 is 0 Å². The van der Waals surface area contributed by atoms with E-state index in [1.807, 2.05) is 31.2 Å². The number of aryl methyl sites for hydroxylation is 1. The predicted molar refractivity (Wildman–Crippen MR) is 81.7 cm³/mol. The lowest BCUT2D eigenvalue weighted by molar-refractivity contribution is 0.0689. The lowest BCUT2D eigenvalue weighted by Gasteiger charge is -2.13. The quantitative estimate of drug-likeness (QED) is 0.933. The Kier molecular flexibility index (Phi) is 3.52. The molecule has 22 heavy (non-hydrogen) atoms. The summed E-state index contributed by atoms with van der Waals surface area (Å²) < 4.78 is 24.9. The summed E-state index contributed by atoms with van der Waals surface area (Å²) in [5.74, 6) is -0.993. The van der Waals surface area contributed by atoms with Crippen molar-refractivity contribution in [2.75, 3.05) is 11.5 Å². The van der Waals surface area contributed by atoms with Crippen LogP contribution >= 0.6 is 0 Å². The van der Waals surface area contributed by atoms with Gasteiger partial charge in [-0.15, -0.1) is 0 Å². The van der Waals surface area contributed by atoms with Gasteiger partial charge in [-0.25, -0.2) is 13.2 Å². The molecule has 1 aliphatic rings. The third-order valence-corrected chi connectivity index (χ3v) is 5.61. The summed E-state index contributed by atoms with van der Waals surface area (Å²) in [6.45, 7) is 1.97. The van der Waals surface area contributed by atoms with E-state index in [0.29, 0.717) is 12.1 Å². The van der Waals surface area contributed by atoms with Crippen molar-refractivity contribution in [3.05, 3.63) is 41.6 Å². The van der Waals surface area contributed by atoms with Gasteiger partial charge in [0.15, 0.2) is 15.5 Å². The molecule has 2 aromatic rings. The summed E-state index contributed by atoms with van der Waals surface area (Å²) in [5, 5.41) is 13.3. The maximum Gasteiger partial charge on any atom is 0.356 e. The van der Waals surface area contributed by atoms with Crippen LogP contribution in [0.2, 0.25) is 0 Å². The monoisotopic (exact) mass is 320 g/mol. The second-order valence-electron chi connectivity index (χ2n) is 5.59. The number of sulfone groups is 1. The third-order valence-electron chi connectivity index (χ3n) is 3.86. The first-order valence-electron chi connectivity index (χ1n) is 6.96. The largest absolute Gasteiger partial charge is 0.476 e. The smallest absolute Gasteiger partial charge is 0.356 e. The van der Waals surface area contributed by atoms with E-state index in [0.717, 1.165) is 11.1 Å². The Labute approximate surface area is 128 Å². The van der Waals surface area contributed by atoms with Crippen molar-refractivity contribution >= 4 is 15.8 Å². The Morgan fingerprint density at radius 3 is 2.55 bits per heavy atom. The molecule has 1 aromatic heterocycles. The number of carboxylic acids is 1. The number of hydrogen-bond acceptors (Lipinski definition) is 4. The molecule has 0 aliphatic carbocycles. The first-order chi connectivity index (χ1) is 10.4. The lowest BCUT2D eigenvalue weighted by atomic mass is 10.1. The Balaban J connectivity index is 2.08. The molecule has 1 aromatic carbocycles. The van der Waals surface area contributed by atoms with Crippen molar-refractivity contribution in [3.63, 3.8) is 0 Å². The zero-order valence-electron chi connectivity index (χ0n) is 12.1. The predicted octanol–water partition coefficient (Wildman–Crippen LogP) is 1.92. The van der Waals surface area contributed by atoms with Gasteiger partial charge in [0, 0.05) is 0 Å². The summed E-state index contributed by atoms with van der Waals surface area (Å²) in [6, 6.07) is 8.82. The average molecular weight is 320 g/mol. The molecule has 2 heterocycles. The Morgan fingerprint density at radius 1 is 1.32 bits per heavy atom. The summed E-state index contributed by atoms with van der Waals surface area (Å²) in [4.78, 5) is 11.2. The van der Waals surface area contributed by atoms with E-state index in [1.165, 1.54) is 6.07 Å². The Hall–Kier alpha value is -2.15. The van der Waals surface area contributed by atoms with E-state index < -0.39 is 15.8 Å². The fourth-order valence-electron chi connectivity index (χ4n) is 2.69. The number of benzene rings is 1. The van der Waals surface area contributed by atoms with E-state index >= 15 is 0 Å². The van der Waals surface area contributed by atoms with Crippen molar-refractivity contribution in [3.8, 4) is 11.3 Å². The van der Waals surface area contributed by atoms with E-state index in [4.69, 9.17) is 5.11 Å². The van der Waals surface area contributed by atoms with Crippen molar-refractivity contribution in [1.29, 1.82) is 0 Å². The van der Waals surface area contributed by atoms with E-state index in [-0.39, 0.29) is 23.2 Å². The lowest BCUT2D eigenvalue weighted by Crippen LogP contribution is -2.14. The topological polar surface area (TPSA) is 89.3 Å². The molecule has 0 bridgehead atoms.